The van der Waals surface area contributed by atoms with Crippen LogP contribution in [-0.2, 0) is 14.3 Å². The third kappa shape index (κ3) is 4.50. The third-order valence-corrected chi connectivity index (χ3v) is 3.00. The van der Waals surface area contributed by atoms with Crippen molar-refractivity contribution in [1.82, 2.24) is 5.32 Å². The van der Waals surface area contributed by atoms with Crippen LogP contribution in [-0.4, -0.2) is 31.5 Å². The quantitative estimate of drug-likeness (QED) is 0.824. The van der Waals surface area contributed by atoms with Gasteiger partial charge < -0.3 is 14.8 Å². The van der Waals surface area contributed by atoms with Gasteiger partial charge in [-0.1, -0.05) is 30.3 Å². The molecule has 1 saturated heterocycles. The first-order valence-electron chi connectivity index (χ1n) is 6.47. The first-order chi connectivity index (χ1) is 9.18. The van der Waals surface area contributed by atoms with Crippen molar-refractivity contribution in [2.45, 2.75) is 19.1 Å². The summed E-state index contributed by atoms with van der Waals surface area (Å²) in [7, 11) is 0. The van der Waals surface area contributed by atoms with Gasteiger partial charge in [-0.3, -0.25) is 4.79 Å². The van der Waals surface area contributed by atoms with E-state index in [1.54, 1.807) is 6.08 Å². The zero-order valence-electron chi connectivity index (χ0n) is 11.1. The average Bonchev–Trinajstić information content (AvgIpc) is 2.85. The van der Waals surface area contributed by atoms with Gasteiger partial charge in [0, 0.05) is 19.0 Å². The van der Waals surface area contributed by atoms with E-state index < -0.39 is 5.79 Å². The van der Waals surface area contributed by atoms with Crippen LogP contribution < -0.4 is 5.32 Å². The van der Waals surface area contributed by atoms with Gasteiger partial charge in [0.25, 0.3) is 0 Å². The maximum Gasteiger partial charge on any atom is 0.244 e. The van der Waals surface area contributed by atoms with Crippen LogP contribution in [0, 0.1) is 0 Å². The van der Waals surface area contributed by atoms with Gasteiger partial charge in [-0.2, -0.15) is 0 Å². The van der Waals surface area contributed by atoms with Crippen molar-refractivity contribution in [1.29, 1.82) is 0 Å². The molecule has 1 aliphatic heterocycles. The summed E-state index contributed by atoms with van der Waals surface area (Å²) >= 11 is 0. The number of benzene rings is 1. The van der Waals surface area contributed by atoms with Crippen molar-refractivity contribution < 1.29 is 14.3 Å². The van der Waals surface area contributed by atoms with Crippen molar-refractivity contribution in [3.63, 3.8) is 0 Å². The normalized spacial score (nSPS) is 17.7. The molecule has 19 heavy (non-hydrogen) atoms. The first-order valence-corrected chi connectivity index (χ1v) is 6.47. The van der Waals surface area contributed by atoms with Crippen LogP contribution in [0.3, 0.4) is 0 Å². The van der Waals surface area contributed by atoms with Crippen LogP contribution in [0.5, 0.6) is 0 Å². The zero-order chi connectivity index (χ0) is 13.6. The summed E-state index contributed by atoms with van der Waals surface area (Å²) in [4.78, 5) is 11.6. The van der Waals surface area contributed by atoms with Gasteiger partial charge in [0.15, 0.2) is 5.79 Å². The number of hydrogen-bond acceptors (Lipinski definition) is 3. The molecule has 1 heterocycles. The predicted molar refractivity (Wildman–Crippen MR) is 73.4 cm³/mol. The molecule has 4 heteroatoms. The molecule has 1 fully saturated rings. The minimum absolute atomic E-state index is 0.106. The van der Waals surface area contributed by atoms with Crippen molar-refractivity contribution >= 4 is 12.0 Å². The number of carbonyl (C=O) groups is 1. The largest absolute Gasteiger partial charge is 0.352 e. The summed E-state index contributed by atoms with van der Waals surface area (Å²) in [5.41, 5.74) is 1.01. The maximum atomic E-state index is 11.6. The average molecular weight is 261 g/mol. The fourth-order valence-electron chi connectivity index (χ4n) is 1.91. The van der Waals surface area contributed by atoms with Gasteiger partial charge in [0.05, 0.1) is 13.2 Å². The van der Waals surface area contributed by atoms with Crippen LogP contribution in [0.25, 0.3) is 6.08 Å². The second kappa shape index (κ2) is 6.50. The number of nitrogens with one attached hydrogen (secondary N) is 1. The Balaban J connectivity index is 1.71. The lowest BCUT2D eigenvalue weighted by Crippen LogP contribution is -2.32. The van der Waals surface area contributed by atoms with Crippen molar-refractivity contribution in [2.75, 3.05) is 19.8 Å². The van der Waals surface area contributed by atoms with Crippen molar-refractivity contribution in [2.24, 2.45) is 0 Å². The molecule has 0 atom stereocenters. The molecule has 1 aromatic rings. The van der Waals surface area contributed by atoms with Crippen LogP contribution in [0.2, 0.25) is 0 Å². The minimum atomic E-state index is -0.545. The Hall–Kier alpha value is -1.65. The molecule has 2 rings (SSSR count). The third-order valence-electron chi connectivity index (χ3n) is 3.00. The molecule has 0 spiro atoms. The van der Waals surface area contributed by atoms with E-state index in [-0.39, 0.29) is 5.91 Å². The number of ether oxygens (including phenoxy) is 2. The molecular weight excluding hydrogens is 242 g/mol. The van der Waals surface area contributed by atoms with E-state index in [1.165, 1.54) is 6.08 Å². The molecule has 0 radical (unpaired) electrons. The molecule has 1 aromatic carbocycles. The van der Waals surface area contributed by atoms with E-state index in [2.05, 4.69) is 5.32 Å². The number of amides is 1. The Kier molecular flexibility index (Phi) is 4.71. The maximum absolute atomic E-state index is 11.6. The summed E-state index contributed by atoms with van der Waals surface area (Å²) in [5.74, 6) is -0.651. The van der Waals surface area contributed by atoms with Gasteiger partial charge >= 0.3 is 0 Å². The van der Waals surface area contributed by atoms with Gasteiger partial charge in [0.2, 0.25) is 5.91 Å². The number of carbonyl (C=O) groups excluding carboxylic acids is 1. The Morgan fingerprint density at radius 3 is 2.68 bits per heavy atom. The molecule has 1 N–H and O–H groups in total. The molecule has 0 aromatic heterocycles. The summed E-state index contributed by atoms with van der Waals surface area (Å²) in [6.07, 6.45) is 3.98. The highest BCUT2D eigenvalue weighted by atomic mass is 16.7. The van der Waals surface area contributed by atoms with E-state index in [0.717, 1.165) is 5.56 Å². The SMILES string of the molecule is CC1(CCNC(=O)/C=C/c2ccccc2)OCCO1. The van der Waals surface area contributed by atoms with E-state index in [4.69, 9.17) is 9.47 Å². The van der Waals surface area contributed by atoms with Crippen molar-refractivity contribution in [3.8, 4) is 0 Å². The number of rotatable bonds is 5. The second-order valence-electron chi connectivity index (χ2n) is 4.62. The Labute approximate surface area is 113 Å². The number of hydrogen-bond donors (Lipinski definition) is 1. The van der Waals surface area contributed by atoms with Crippen LogP contribution in [0.1, 0.15) is 18.9 Å². The van der Waals surface area contributed by atoms with Crippen LogP contribution in [0.15, 0.2) is 36.4 Å². The summed E-state index contributed by atoms with van der Waals surface area (Å²) in [6, 6.07) is 9.72. The Bertz CT molecular complexity index is 436. The smallest absolute Gasteiger partial charge is 0.244 e. The molecule has 4 nitrogen and oxygen atoms in total. The molecule has 0 aliphatic carbocycles. The van der Waals surface area contributed by atoms with Crippen molar-refractivity contribution in [3.05, 3.63) is 42.0 Å². The highest BCUT2D eigenvalue weighted by Crippen LogP contribution is 2.21. The van der Waals surface area contributed by atoms with Gasteiger partial charge in [-0.15, -0.1) is 0 Å². The lowest BCUT2D eigenvalue weighted by molar-refractivity contribution is -0.146. The monoisotopic (exact) mass is 261 g/mol. The Morgan fingerprint density at radius 1 is 1.32 bits per heavy atom. The highest BCUT2D eigenvalue weighted by molar-refractivity contribution is 5.91. The topological polar surface area (TPSA) is 47.6 Å². The van der Waals surface area contributed by atoms with Gasteiger partial charge in [-0.25, -0.2) is 0 Å². The first kappa shape index (κ1) is 13.8. The van der Waals surface area contributed by atoms with E-state index in [1.807, 2.05) is 37.3 Å². The molecule has 0 saturated carbocycles. The highest BCUT2D eigenvalue weighted by Gasteiger charge is 2.30. The van der Waals surface area contributed by atoms with E-state index >= 15 is 0 Å². The van der Waals surface area contributed by atoms with E-state index in [0.29, 0.717) is 26.2 Å². The fourth-order valence-corrected chi connectivity index (χ4v) is 1.91. The summed E-state index contributed by atoms with van der Waals surface area (Å²) in [6.45, 7) is 3.68. The predicted octanol–water partition coefficient (Wildman–Crippen LogP) is 1.97. The minimum Gasteiger partial charge on any atom is -0.352 e. The molecule has 1 aliphatic rings. The van der Waals surface area contributed by atoms with Gasteiger partial charge in [0.1, 0.15) is 0 Å². The molecular formula is C15H19NO3. The fraction of sp³-hybridized carbons (Fsp3) is 0.400. The molecule has 0 unspecified atom stereocenters. The Morgan fingerprint density at radius 2 is 2.00 bits per heavy atom. The molecule has 0 bridgehead atoms. The van der Waals surface area contributed by atoms with Crippen LogP contribution in [0.4, 0.5) is 0 Å². The lowest BCUT2D eigenvalue weighted by Gasteiger charge is -2.21. The standard InChI is InChI=1S/C15H19NO3/c1-15(18-11-12-19-15)9-10-16-14(17)8-7-13-5-3-2-4-6-13/h2-8H,9-12H2,1H3,(H,16,17)/b8-7+. The molecule has 1 amide bonds. The second-order valence-corrected chi connectivity index (χ2v) is 4.62. The van der Waals surface area contributed by atoms with Gasteiger partial charge in [-0.05, 0) is 18.6 Å². The zero-order valence-corrected chi connectivity index (χ0v) is 11.1. The lowest BCUT2D eigenvalue weighted by atomic mass is 10.2. The van der Waals surface area contributed by atoms with Crippen LogP contribution >= 0.6 is 0 Å². The summed E-state index contributed by atoms with van der Waals surface area (Å²) in [5, 5.41) is 2.82. The summed E-state index contributed by atoms with van der Waals surface area (Å²) < 4.78 is 10.9. The molecule has 102 valence electrons. The van der Waals surface area contributed by atoms with E-state index in [9.17, 15) is 4.79 Å².